The fourth-order valence-electron chi connectivity index (χ4n) is 2.49. The zero-order chi connectivity index (χ0) is 14.7. The van der Waals surface area contributed by atoms with Crippen molar-refractivity contribution in [1.29, 1.82) is 0 Å². The van der Waals surface area contributed by atoms with Crippen LogP contribution in [0.15, 0.2) is 36.7 Å². The molecule has 0 radical (unpaired) electrons. The molecule has 0 aliphatic carbocycles. The van der Waals surface area contributed by atoms with Crippen LogP contribution in [-0.4, -0.2) is 28.3 Å². The molecule has 2 N–H and O–H groups in total. The molecule has 0 bridgehead atoms. The van der Waals surface area contributed by atoms with E-state index in [-0.39, 0.29) is 36.8 Å². The number of carbonyl (C=O) groups is 1. The van der Waals surface area contributed by atoms with Gasteiger partial charge in [0.1, 0.15) is 5.69 Å². The van der Waals surface area contributed by atoms with Crippen LogP contribution < -0.4 is 10.6 Å². The van der Waals surface area contributed by atoms with E-state index in [9.17, 15) is 9.18 Å². The van der Waals surface area contributed by atoms with Crippen molar-refractivity contribution in [3.05, 3.63) is 42.5 Å². The fourth-order valence-corrected chi connectivity index (χ4v) is 2.49. The normalized spacial score (nSPS) is 16.8. The summed E-state index contributed by atoms with van der Waals surface area (Å²) in [5.41, 5.74) is 0.814. The monoisotopic (exact) mass is 360 g/mol. The minimum Gasteiger partial charge on any atom is -0.325 e. The van der Waals surface area contributed by atoms with Gasteiger partial charge in [-0.1, -0.05) is 6.42 Å². The quantitative estimate of drug-likeness (QED) is 0.884. The Morgan fingerprint density at radius 3 is 2.78 bits per heavy atom. The molecule has 1 amide bonds. The predicted octanol–water partition coefficient (Wildman–Crippen LogP) is 2.94. The first kappa shape index (κ1) is 19.4. The zero-order valence-electron chi connectivity index (χ0n) is 12.4. The summed E-state index contributed by atoms with van der Waals surface area (Å²) in [5.74, 6) is -0.533. The van der Waals surface area contributed by atoms with Gasteiger partial charge in [0, 0.05) is 18.1 Å². The molecule has 1 aromatic heterocycles. The van der Waals surface area contributed by atoms with Crippen LogP contribution in [0.4, 0.5) is 10.1 Å². The Kier molecular flexibility index (Phi) is 7.48. The lowest BCUT2D eigenvalue weighted by Crippen LogP contribution is -2.43. The summed E-state index contributed by atoms with van der Waals surface area (Å²) >= 11 is 0. The van der Waals surface area contributed by atoms with Crippen molar-refractivity contribution in [3.63, 3.8) is 0 Å². The lowest BCUT2D eigenvalue weighted by Gasteiger charge is -2.22. The predicted molar refractivity (Wildman–Crippen MR) is 92.3 cm³/mol. The van der Waals surface area contributed by atoms with Crippen molar-refractivity contribution in [3.8, 4) is 5.69 Å². The number of nitrogens with one attached hydrogen (secondary N) is 2. The number of piperidine rings is 1. The highest BCUT2D eigenvalue weighted by atomic mass is 35.5. The molecule has 126 valence electrons. The molecule has 1 fully saturated rings. The van der Waals surface area contributed by atoms with Gasteiger partial charge in [0.25, 0.3) is 0 Å². The molecular formula is C15H19Cl2FN4O. The van der Waals surface area contributed by atoms with Gasteiger partial charge in [0.2, 0.25) is 5.91 Å². The molecule has 2 heterocycles. The lowest BCUT2D eigenvalue weighted by molar-refractivity contribution is -0.118. The van der Waals surface area contributed by atoms with Crippen LogP contribution in [0.1, 0.15) is 19.3 Å². The standard InChI is InChI=1S/C15H17FN4O.2ClH/c16-12-10-11(5-6-14(12)20-9-3-8-18-20)19-15(21)13-4-1-2-7-17-13;;/h3,5-6,8-10,13,17H,1-2,4,7H2,(H,19,21);2*1H. The van der Waals surface area contributed by atoms with E-state index < -0.39 is 5.82 Å². The van der Waals surface area contributed by atoms with Gasteiger partial charge in [0.15, 0.2) is 5.82 Å². The van der Waals surface area contributed by atoms with Gasteiger partial charge in [-0.25, -0.2) is 9.07 Å². The van der Waals surface area contributed by atoms with Gasteiger partial charge in [0.05, 0.1) is 6.04 Å². The summed E-state index contributed by atoms with van der Waals surface area (Å²) in [6.45, 7) is 0.852. The maximum absolute atomic E-state index is 14.1. The number of hydrogen-bond donors (Lipinski definition) is 2. The van der Waals surface area contributed by atoms with Gasteiger partial charge in [-0.2, -0.15) is 5.10 Å². The Bertz CT molecular complexity index is 630. The Labute approximate surface area is 146 Å². The molecule has 1 aliphatic heterocycles. The number of carbonyl (C=O) groups excluding carboxylic acids is 1. The second-order valence-corrected chi connectivity index (χ2v) is 5.11. The molecule has 5 nitrogen and oxygen atoms in total. The summed E-state index contributed by atoms with van der Waals surface area (Å²) in [7, 11) is 0. The van der Waals surface area contributed by atoms with Gasteiger partial charge in [-0.15, -0.1) is 24.8 Å². The lowest BCUT2D eigenvalue weighted by atomic mass is 10.0. The molecule has 0 saturated carbocycles. The zero-order valence-corrected chi connectivity index (χ0v) is 14.0. The topological polar surface area (TPSA) is 59.0 Å². The summed E-state index contributed by atoms with van der Waals surface area (Å²) in [6.07, 6.45) is 6.21. The number of halogens is 3. The Morgan fingerprint density at radius 1 is 1.35 bits per heavy atom. The second-order valence-electron chi connectivity index (χ2n) is 5.11. The third kappa shape index (κ3) is 4.67. The number of rotatable bonds is 3. The van der Waals surface area contributed by atoms with E-state index in [0.29, 0.717) is 11.4 Å². The Hall–Kier alpha value is -1.63. The molecular weight excluding hydrogens is 342 g/mol. The van der Waals surface area contributed by atoms with Crippen LogP contribution in [0.3, 0.4) is 0 Å². The van der Waals surface area contributed by atoms with Crippen LogP contribution in [0.5, 0.6) is 0 Å². The number of nitrogens with zero attached hydrogens (tertiary/aromatic N) is 2. The molecule has 1 aromatic carbocycles. The fraction of sp³-hybridized carbons (Fsp3) is 0.333. The molecule has 1 aliphatic rings. The maximum Gasteiger partial charge on any atom is 0.241 e. The number of benzene rings is 1. The summed E-state index contributed by atoms with van der Waals surface area (Å²) in [5, 5.41) is 9.91. The minimum absolute atomic E-state index is 0. The van der Waals surface area contributed by atoms with Crippen molar-refractivity contribution >= 4 is 36.4 Å². The molecule has 1 unspecified atom stereocenters. The van der Waals surface area contributed by atoms with Crippen molar-refractivity contribution in [2.75, 3.05) is 11.9 Å². The minimum atomic E-state index is -0.423. The van der Waals surface area contributed by atoms with E-state index in [4.69, 9.17) is 0 Å². The molecule has 8 heteroatoms. The van der Waals surface area contributed by atoms with Crippen molar-refractivity contribution in [2.45, 2.75) is 25.3 Å². The van der Waals surface area contributed by atoms with Crippen LogP contribution in [0, 0.1) is 5.82 Å². The number of hydrogen-bond acceptors (Lipinski definition) is 3. The van der Waals surface area contributed by atoms with Gasteiger partial charge in [-0.05, 0) is 43.7 Å². The number of anilines is 1. The van der Waals surface area contributed by atoms with E-state index >= 15 is 0 Å². The summed E-state index contributed by atoms with van der Waals surface area (Å²) in [6, 6.07) is 6.14. The van der Waals surface area contributed by atoms with Crippen LogP contribution in [0.2, 0.25) is 0 Å². The third-order valence-electron chi connectivity index (χ3n) is 3.59. The highest BCUT2D eigenvalue weighted by molar-refractivity contribution is 5.95. The average Bonchev–Trinajstić information content (AvgIpc) is 3.02. The van der Waals surface area contributed by atoms with Gasteiger partial charge >= 0.3 is 0 Å². The second kappa shape index (κ2) is 8.86. The van der Waals surface area contributed by atoms with Crippen molar-refractivity contribution in [1.82, 2.24) is 15.1 Å². The Balaban J connectivity index is 0.00000132. The maximum atomic E-state index is 14.1. The van der Waals surface area contributed by atoms with Crippen molar-refractivity contribution < 1.29 is 9.18 Å². The first-order valence-corrected chi connectivity index (χ1v) is 7.08. The first-order valence-electron chi connectivity index (χ1n) is 7.08. The van der Waals surface area contributed by atoms with E-state index in [1.807, 2.05) is 0 Å². The highest BCUT2D eigenvalue weighted by Crippen LogP contribution is 2.18. The van der Waals surface area contributed by atoms with Crippen LogP contribution >= 0.6 is 24.8 Å². The smallest absolute Gasteiger partial charge is 0.241 e. The van der Waals surface area contributed by atoms with Crippen LogP contribution in [0.25, 0.3) is 5.69 Å². The van der Waals surface area contributed by atoms with Crippen molar-refractivity contribution in [2.24, 2.45) is 0 Å². The van der Waals surface area contributed by atoms with Gasteiger partial charge in [-0.3, -0.25) is 4.79 Å². The molecule has 2 aromatic rings. The van der Waals surface area contributed by atoms with E-state index in [1.165, 1.54) is 10.7 Å². The van der Waals surface area contributed by atoms with E-state index in [1.54, 1.807) is 30.6 Å². The van der Waals surface area contributed by atoms with Gasteiger partial charge < -0.3 is 10.6 Å². The average molecular weight is 361 g/mol. The Morgan fingerprint density at radius 2 is 2.17 bits per heavy atom. The van der Waals surface area contributed by atoms with Crippen LogP contribution in [-0.2, 0) is 4.79 Å². The largest absolute Gasteiger partial charge is 0.325 e. The summed E-state index contributed by atoms with van der Waals surface area (Å²) in [4.78, 5) is 12.1. The SMILES string of the molecule is Cl.Cl.O=C(Nc1ccc(-n2cccn2)c(F)c1)C1CCCCN1. The molecule has 0 spiro atoms. The molecule has 3 rings (SSSR count). The highest BCUT2D eigenvalue weighted by Gasteiger charge is 2.20. The van der Waals surface area contributed by atoms with E-state index in [2.05, 4.69) is 15.7 Å². The molecule has 1 atom stereocenters. The number of amides is 1. The third-order valence-corrected chi connectivity index (χ3v) is 3.59. The molecule has 23 heavy (non-hydrogen) atoms. The number of aromatic nitrogens is 2. The molecule has 1 saturated heterocycles. The van der Waals surface area contributed by atoms with E-state index in [0.717, 1.165) is 25.8 Å². The summed E-state index contributed by atoms with van der Waals surface area (Å²) < 4.78 is 15.5. The first-order chi connectivity index (χ1) is 10.2.